The van der Waals surface area contributed by atoms with Crippen LogP contribution in [0.2, 0.25) is 0 Å². The number of benzene rings is 1. The average Bonchev–Trinajstić information content (AvgIpc) is 2.40. The normalized spacial score (nSPS) is 14.7. The quantitative estimate of drug-likeness (QED) is 0.794. The minimum atomic E-state index is 0.471. The highest BCUT2D eigenvalue weighted by atomic mass is 15.1. The minimum Gasteiger partial charge on any atom is -0.365 e. The van der Waals surface area contributed by atoms with E-state index in [0.29, 0.717) is 6.04 Å². The zero-order valence-corrected chi connectivity index (χ0v) is 11.8. The van der Waals surface area contributed by atoms with Crippen LogP contribution in [0.15, 0.2) is 30.6 Å². The molecular weight excluding hydrogens is 250 g/mol. The molecule has 20 heavy (non-hydrogen) atoms. The van der Waals surface area contributed by atoms with Crippen molar-refractivity contribution in [2.75, 3.05) is 23.7 Å². The fourth-order valence-electron chi connectivity index (χ4n) is 2.13. The van der Waals surface area contributed by atoms with Crippen molar-refractivity contribution < 1.29 is 0 Å². The van der Waals surface area contributed by atoms with E-state index in [1.54, 1.807) is 6.33 Å². The average molecular weight is 269 g/mol. The van der Waals surface area contributed by atoms with E-state index in [2.05, 4.69) is 51.9 Å². The highest BCUT2D eigenvalue weighted by molar-refractivity contribution is 5.63. The minimum absolute atomic E-state index is 0.471. The van der Waals surface area contributed by atoms with E-state index >= 15 is 0 Å². The standard InChI is InChI=1S/C15H19N5/c1-10-4-3-5-13(11(10)2)20-15-6-14(17-9-18-15)19-12-7-16-8-12/h3-6,9,12,16H,7-8H2,1-2H3,(H2,17,18,19,20). The van der Waals surface area contributed by atoms with Crippen LogP contribution in [0.4, 0.5) is 17.3 Å². The van der Waals surface area contributed by atoms with Gasteiger partial charge >= 0.3 is 0 Å². The van der Waals surface area contributed by atoms with Crippen LogP contribution in [0, 0.1) is 13.8 Å². The Hall–Kier alpha value is -2.14. The van der Waals surface area contributed by atoms with Crippen LogP contribution in [0.25, 0.3) is 0 Å². The van der Waals surface area contributed by atoms with Crippen molar-refractivity contribution in [3.05, 3.63) is 41.7 Å². The summed E-state index contributed by atoms with van der Waals surface area (Å²) in [6, 6.07) is 8.63. The largest absolute Gasteiger partial charge is 0.365 e. The molecule has 1 saturated heterocycles. The molecule has 0 amide bonds. The van der Waals surface area contributed by atoms with Gasteiger partial charge in [-0.1, -0.05) is 12.1 Å². The first-order valence-electron chi connectivity index (χ1n) is 6.85. The first kappa shape index (κ1) is 12.9. The monoisotopic (exact) mass is 269 g/mol. The van der Waals surface area contributed by atoms with Crippen LogP contribution in [0.5, 0.6) is 0 Å². The molecule has 3 rings (SSSR count). The van der Waals surface area contributed by atoms with Crippen LogP contribution in [0.3, 0.4) is 0 Å². The molecule has 0 radical (unpaired) electrons. The van der Waals surface area contributed by atoms with Crippen molar-refractivity contribution in [2.24, 2.45) is 0 Å². The number of nitrogens with one attached hydrogen (secondary N) is 3. The summed E-state index contributed by atoms with van der Waals surface area (Å²) in [7, 11) is 0. The Morgan fingerprint density at radius 2 is 1.95 bits per heavy atom. The predicted molar refractivity (Wildman–Crippen MR) is 81.5 cm³/mol. The van der Waals surface area contributed by atoms with Gasteiger partial charge in [0.1, 0.15) is 18.0 Å². The lowest BCUT2D eigenvalue weighted by atomic mass is 10.1. The van der Waals surface area contributed by atoms with Gasteiger partial charge in [-0.25, -0.2) is 9.97 Å². The van der Waals surface area contributed by atoms with Crippen LogP contribution in [0.1, 0.15) is 11.1 Å². The third-order valence-electron chi connectivity index (χ3n) is 3.67. The molecule has 0 atom stereocenters. The van der Waals surface area contributed by atoms with Crippen LogP contribution in [-0.4, -0.2) is 29.1 Å². The van der Waals surface area contributed by atoms with Gasteiger partial charge in [-0.15, -0.1) is 0 Å². The van der Waals surface area contributed by atoms with E-state index in [-0.39, 0.29) is 0 Å². The van der Waals surface area contributed by atoms with E-state index < -0.39 is 0 Å². The molecule has 2 aromatic rings. The van der Waals surface area contributed by atoms with Gasteiger partial charge in [-0.05, 0) is 31.0 Å². The van der Waals surface area contributed by atoms with Gasteiger partial charge in [0.15, 0.2) is 0 Å². The predicted octanol–water partition coefficient (Wildman–Crippen LogP) is 2.22. The summed E-state index contributed by atoms with van der Waals surface area (Å²) < 4.78 is 0. The summed E-state index contributed by atoms with van der Waals surface area (Å²) in [5.74, 6) is 1.67. The van der Waals surface area contributed by atoms with Crippen molar-refractivity contribution >= 4 is 17.3 Å². The Morgan fingerprint density at radius 3 is 2.70 bits per heavy atom. The van der Waals surface area contributed by atoms with E-state index in [4.69, 9.17) is 0 Å². The lowest BCUT2D eigenvalue weighted by Gasteiger charge is -2.28. The van der Waals surface area contributed by atoms with E-state index in [9.17, 15) is 0 Å². The highest BCUT2D eigenvalue weighted by Crippen LogP contribution is 2.22. The fourth-order valence-corrected chi connectivity index (χ4v) is 2.13. The van der Waals surface area contributed by atoms with Gasteiger partial charge in [0.25, 0.3) is 0 Å². The van der Waals surface area contributed by atoms with E-state index in [1.165, 1.54) is 11.1 Å². The molecule has 1 aliphatic heterocycles. The summed E-state index contributed by atoms with van der Waals surface area (Å²) in [6.07, 6.45) is 1.59. The Morgan fingerprint density at radius 1 is 1.15 bits per heavy atom. The zero-order chi connectivity index (χ0) is 13.9. The number of hydrogen-bond donors (Lipinski definition) is 3. The van der Waals surface area contributed by atoms with Crippen molar-refractivity contribution in [2.45, 2.75) is 19.9 Å². The van der Waals surface area contributed by atoms with Crippen molar-refractivity contribution in [1.82, 2.24) is 15.3 Å². The smallest absolute Gasteiger partial charge is 0.135 e. The molecule has 5 heteroatoms. The van der Waals surface area contributed by atoms with Crippen LogP contribution >= 0.6 is 0 Å². The topological polar surface area (TPSA) is 61.9 Å². The van der Waals surface area contributed by atoms with E-state index in [1.807, 2.05) is 12.1 Å². The number of aromatic nitrogens is 2. The van der Waals surface area contributed by atoms with Gasteiger partial charge in [-0.3, -0.25) is 0 Å². The summed E-state index contributed by atoms with van der Waals surface area (Å²) >= 11 is 0. The molecule has 1 aliphatic rings. The van der Waals surface area contributed by atoms with Crippen LogP contribution in [-0.2, 0) is 0 Å². The lowest BCUT2D eigenvalue weighted by Crippen LogP contribution is -2.51. The van der Waals surface area contributed by atoms with Gasteiger partial charge < -0.3 is 16.0 Å². The maximum atomic E-state index is 4.28. The third kappa shape index (κ3) is 2.72. The van der Waals surface area contributed by atoms with Crippen LogP contribution < -0.4 is 16.0 Å². The molecule has 1 aromatic heterocycles. The Labute approximate surface area is 118 Å². The summed E-state index contributed by atoms with van der Waals surface area (Å²) in [5, 5.41) is 9.96. The second kappa shape index (κ2) is 5.46. The summed E-state index contributed by atoms with van der Waals surface area (Å²) in [6.45, 7) is 6.20. The molecule has 0 unspecified atom stereocenters. The number of anilines is 3. The Bertz CT molecular complexity index is 607. The molecule has 0 aliphatic carbocycles. The molecule has 1 aromatic carbocycles. The van der Waals surface area contributed by atoms with Crippen molar-refractivity contribution in [3.8, 4) is 0 Å². The van der Waals surface area contributed by atoms with Gasteiger partial charge in [-0.2, -0.15) is 0 Å². The van der Waals surface area contributed by atoms with E-state index in [0.717, 1.165) is 30.4 Å². The SMILES string of the molecule is Cc1cccc(Nc2cc(NC3CNC3)ncn2)c1C. The number of aryl methyl sites for hydroxylation is 1. The zero-order valence-electron chi connectivity index (χ0n) is 11.8. The van der Waals surface area contributed by atoms with Crippen molar-refractivity contribution in [1.29, 1.82) is 0 Å². The Kier molecular flexibility index (Phi) is 3.52. The number of rotatable bonds is 4. The molecule has 0 spiro atoms. The molecule has 0 bridgehead atoms. The second-order valence-corrected chi connectivity index (χ2v) is 5.16. The van der Waals surface area contributed by atoms with Gasteiger partial charge in [0.2, 0.25) is 0 Å². The summed E-state index contributed by atoms with van der Waals surface area (Å²) in [5.41, 5.74) is 3.59. The van der Waals surface area contributed by atoms with Crippen molar-refractivity contribution in [3.63, 3.8) is 0 Å². The van der Waals surface area contributed by atoms with Gasteiger partial charge in [0, 0.05) is 24.8 Å². The highest BCUT2D eigenvalue weighted by Gasteiger charge is 2.16. The molecule has 104 valence electrons. The van der Waals surface area contributed by atoms with Gasteiger partial charge in [0.05, 0.1) is 6.04 Å². The molecule has 2 heterocycles. The number of hydrogen-bond acceptors (Lipinski definition) is 5. The maximum Gasteiger partial charge on any atom is 0.135 e. The number of nitrogens with zero attached hydrogens (tertiary/aromatic N) is 2. The molecule has 0 saturated carbocycles. The molecular formula is C15H19N5. The maximum absolute atomic E-state index is 4.28. The first-order chi connectivity index (χ1) is 9.72. The second-order valence-electron chi connectivity index (χ2n) is 5.16. The lowest BCUT2D eigenvalue weighted by molar-refractivity contribution is 0.471. The molecule has 3 N–H and O–H groups in total. The molecule has 1 fully saturated rings. The fraction of sp³-hybridized carbons (Fsp3) is 0.333. The summed E-state index contributed by atoms with van der Waals surface area (Å²) in [4.78, 5) is 8.53. The first-order valence-corrected chi connectivity index (χ1v) is 6.85. The third-order valence-corrected chi connectivity index (χ3v) is 3.67. The molecule has 5 nitrogen and oxygen atoms in total. The Balaban J connectivity index is 1.76.